The van der Waals surface area contributed by atoms with Gasteiger partial charge < -0.3 is 4.90 Å². The summed E-state index contributed by atoms with van der Waals surface area (Å²) < 4.78 is 2.21. The summed E-state index contributed by atoms with van der Waals surface area (Å²) in [4.78, 5) is 26.9. The van der Waals surface area contributed by atoms with Gasteiger partial charge in [0.1, 0.15) is 0 Å². The predicted octanol–water partition coefficient (Wildman–Crippen LogP) is 2.87. The van der Waals surface area contributed by atoms with E-state index in [0.717, 1.165) is 43.2 Å². The molecule has 1 atom stereocenters. The second-order valence-corrected chi connectivity index (χ2v) is 7.18. The van der Waals surface area contributed by atoms with E-state index in [1.807, 2.05) is 25.1 Å². The summed E-state index contributed by atoms with van der Waals surface area (Å²) in [6, 6.07) is 9.79. The summed E-state index contributed by atoms with van der Waals surface area (Å²) in [5.74, 6) is 0. The minimum Gasteiger partial charge on any atom is -0.323 e. The van der Waals surface area contributed by atoms with Crippen molar-refractivity contribution in [3.8, 4) is 0 Å². The van der Waals surface area contributed by atoms with Crippen molar-refractivity contribution in [2.75, 3.05) is 7.05 Å². The highest BCUT2D eigenvalue weighted by Gasteiger charge is 2.26. The van der Waals surface area contributed by atoms with Crippen LogP contribution in [0.2, 0.25) is 0 Å². The van der Waals surface area contributed by atoms with Gasteiger partial charge in [0.15, 0.2) is 0 Å². The Kier molecular flexibility index (Phi) is 5.85. The number of amides is 1. The number of aryl methyl sites for hydroxylation is 1. The number of carbonyl (C=O) groups excluding carboxylic acids is 1. The number of benzene rings is 1. The summed E-state index contributed by atoms with van der Waals surface area (Å²) in [6.45, 7) is 1.93. The Labute approximate surface area is 153 Å². The van der Waals surface area contributed by atoms with Crippen molar-refractivity contribution in [2.45, 2.75) is 64.0 Å². The summed E-state index contributed by atoms with van der Waals surface area (Å²) in [5, 5.41) is 7.78. The van der Waals surface area contributed by atoms with Crippen molar-refractivity contribution in [1.82, 2.24) is 24.7 Å². The number of carbonyl (C=O) groups is 1. The molecule has 0 aliphatic heterocycles. The van der Waals surface area contributed by atoms with Crippen LogP contribution in [0.5, 0.6) is 0 Å². The molecule has 1 fully saturated rings. The number of tetrazole rings is 1. The minimum absolute atomic E-state index is 0.121. The molecule has 1 aromatic carbocycles. The molecule has 1 unspecified atom stereocenters. The maximum atomic E-state index is 12.7. The molecule has 0 radical (unpaired) electrons. The molecule has 0 N–H and O–H groups in total. The second kappa shape index (κ2) is 8.29. The van der Waals surface area contributed by atoms with E-state index >= 15 is 0 Å². The van der Waals surface area contributed by atoms with Gasteiger partial charge in [-0.25, -0.2) is 9.59 Å². The zero-order valence-electron chi connectivity index (χ0n) is 15.5. The van der Waals surface area contributed by atoms with E-state index in [-0.39, 0.29) is 18.1 Å². The fraction of sp³-hybridized carbons (Fsp3) is 0.579. The molecular weight excluding hydrogens is 330 g/mol. The number of nitrogens with zero attached hydrogens (tertiary/aromatic N) is 5. The standard InChI is InChI=1S/C19H27N5O2/c1-15(13-14-16-9-5-3-6-10-16)23-19(26)24(21-20-23)18(25)22(2)17-11-7-4-8-12-17/h3,5-6,9-10,15,17H,4,7-8,11-14H2,1-2H3. The second-order valence-electron chi connectivity index (χ2n) is 7.18. The molecule has 7 nitrogen and oxygen atoms in total. The van der Waals surface area contributed by atoms with E-state index in [2.05, 4.69) is 22.6 Å². The third-order valence-electron chi connectivity index (χ3n) is 5.32. The minimum atomic E-state index is -0.460. The van der Waals surface area contributed by atoms with Gasteiger partial charge in [-0.15, -0.1) is 4.68 Å². The van der Waals surface area contributed by atoms with Crippen LogP contribution in [-0.4, -0.2) is 43.8 Å². The smallest absolute Gasteiger partial charge is 0.323 e. The molecule has 3 rings (SSSR count). The van der Waals surface area contributed by atoms with Crippen molar-refractivity contribution in [3.05, 3.63) is 46.4 Å². The van der Waals surface area contributed by atoms with Crippen LogP contribution in [0.3, 0.4) is 0 Å². The van der Waals surface area contributed by atoms with E-state index in [9.17, 15) is 9.59 Å². The lowest BCUT2D eigenvalue weighted by Crippen LogP contribution is -2.45. The lowest BCUT2D eigenvalue weighted by atomic mass is 9.95. The Morgan fingerprint density at radius 1 is 1.19 bits per heavy atom. The first-order valence-electron chi connectivity index (χ1n) is 9.43. The SMILES string of the molecule is CC(CCc1ccccc1)n1nnn(C(=O)N(C)C2CCCCC2)c1=O. The van der Waals surface area contributed by atoms with Crippen LogP contribution in [0, 0.1) is 0 Å². The fourth-order valence-electron chi connectivity index (χ4n) is 3.57. The Hall–Kier alpha value is -2.44. The van der Waals surface area contributed by atoms with E-state index in [1.165, 1.54) is 16.7 Å². The summed E-state index contributed by atoms with van der Waals surface area (Å²) in [5.41, 5.74) is 0.756. The fourth-order valence-corrected chi connectivity index (χ4v) is 3.57. The van der Waals surface area contributed by atoms with Crippen molar-refractivity contribution in [3.63, 3.8) is 0 Å². The van der Waals surface area contributed by atoms with Crippen molar-refractivity contribution in [2.24, 2.45) is 0 Å². The molecule has 2 aromatic rings. The first-order chi connectivity index (χ1) is 12.6. The molecule has 1 amide bonds. The van der Waals surface area contributed by atoms with Crippen LogP contribution in [0.4, 0.5) is 4.79 Å². The molecule has 0 bridgehead atoms. The van der Waals surface area contributed by atoms with Gasteiger partial charge in [0, 0.05) is 13.1 Å². The average Bonchev–Trinajstić information content (AvgIpc) is 3.08. The molecule has 1 aromatic heterocycles. The number of hydrogen-bond acceptors (Lipinski definition) is 4. The first-order valence-corrected chi connectivity index (χ1v) is 9.43. The van der Waals surface area contributed by atoms with Crippen molar-refractivity contribution < 1.29 is 4.79 Å². The zero-order chi connectivity index (χ0) is 18.5. The van der Waals surface area contributed by atoms with Gasteiger partial charge in [0.05, 0.1) is 6.04 Å². The van der Waals surface area contributed by atoms with Gasteiger partial charge in [0.25, 0.3) is 0 Å². The molecule has 26 heavy (non-hydrogen) atoms. The van der Waals surface area contributed by atoms with E-state index in [0.29, 0.717) is 0 Å². The molecule has 7 heteroatoms. The topological polar surface area (TPSA) is 73.0 Å². The molecule has 1 heterocycles. The first kappa shape index (κ1) is 18.4. The Balaban J connectivity index is 1.66. The summed E-state index contributed by atoms with van der Waals surface area (Å²) in [6.07, 6.45) is 7.04. The Morgan fingerprint density at radius 3 is 2.58 bits per heavy atom. The van der Waals surface area contributed by atoms with Crippen LogP contribution in [0.25, 0.3) is 0 Å². The van der Waals surface area contributed by atoms with Crippen molar-refractivity contribution >= 4 is 6.03 Å². The largest absolute Gasteiger partial charge is 0.372 e. The number of aromatic nitrogens is 4. The third-order valence-corrected chi connectivity index (χ3v) is 5.32. The Bertz CT molecular complexity index is 777. The van der Waals surface area contributed by atoms with Crippen LogP contribution in [-0.2, 0) is 6.42 Å². The maximum Gasteiger partial charge on any atom is 0.372 e. The molecule has 140 valence electrons. The van der Waals surface area contributed by atoms with E-state index < -0.39 is 5.69 Å². The monoisotopic (exact) mass is 357 g/mol. The molecule has 1 saturated carbocycles. The van der Waals surface area contributed by atoms with E-state index in [1.54, 1.807) is 11.9 Å². The average molecular weight is 357 g/mol. The molecule has 0 spiro atoms. The quantitative estimate of drug-likeness (QED) is 0.771. The predicted molar refractivity (Wildman–Crippen MR) is 99.2 cm³/mol. The van der Waals surface area contributed by atoms with Crippen LogP contribution >= 0.6 is 0 Å². The molecule has 1 aliphatic rings. The molecule has 1 aliphatic carbocycles. The van der Waals surface area contributed by atoms with E-state index in [4.69, 9.17) is 0 Å². The highest BCUT2D eigenvalue weighted by atomic mass is 16.2. The van der Waals surface area contributed by atoms with Gasteiger partial charge in [-0.3, -0.25) is 0 Å². The van der Waals surface area contributed by atoms with Crippen LogP contribution < -0.4 is 5.69 Å². The summed E-state index contributed by atoms with van der Waals surface area (Å²) in [7, 11) is 1.75. The molecule has 0 saturated heterocycles. The number of rotatable bonds is 5. The van der Waals surface area contributed by atoms with Crippen LogP contribution in [0.1, 0.15) is 57.1 Å². The maximum absolute atomic E-state index is 12.7. The lowest BCUT2D eigenvalue weighted by molar-refractivity contribution is 0.171. The van der Waals surface area contributed by atoms with Gasteiger partial charge in [0.2, 0.25) is 0 Å². The molecular formula is C19H27N5O2. The van der Waals surface area contributed by atoms with Gasteiger partial charge >= 0.3 is 11.7 Å². The normalized spacial score (nSPS) is 16.4. The summed E-state index contributed by atoms with van der Waals surface area (Å²) >= 11 is 0. The number of hydrogen-bond donors (Lipinski definition) is 0. The van der Waals surface area contributed by atoms with Crippen LogP contribution in [0.15, 0.2) is 35.1 Å². The van der Waals surface area contributed by atoms with Crippen molar-refractivity contribution in [1.29, 1.82) is 0 Å². The zero-order valence-corrected chi connectivity index (χ0v) is 15.5. The highest BCUT2D eigenvalue weighted by molar-refractivity contribution is 5.75. The highest BCUT2D eigenvalue weighted by Crippen LogP contribution is 2.21. The van der Waals surface area contributed by atoms with Gasteiger partial charge in [-0.2, -0.15) is 4.68 Å². The third kappa shape index (κ3) is 4.03. The van der Waals surface area contributed by atoms with Gasteiger partial charge in [-0.1, -0.05) is 49.6 Å². The van der Waals surface area contributed by atoms with Gasteiger partial charge in [-0.05, 0) is 48.6 Å². The Morgan fingerprint density at radius 2 is 1.88 bits per heavy atom. The lowest BCUT2D eigenvalue weighted by Gasteiger charge is -2.30.